The van der Waals surface area contributed by atoms with E-state index in [1.165, 1.54) is 6.07 Å². The Hall–Kier alpha value is -0.860. The maximum Gasteiger partial charge on any atom is 0.127 e. The van der Waals surface area contributed by atoms with Crippen LogP contribution in [-0.2, 0) is 6.42 Å². The summed E-state index contributed by atoms with van der Waals surface area (Å²) in [5.74, 6) is -0.372. The molecule has 0 aliphatic carbocycles. The van der Waals surface area contributed by atoms with Crippen molar-refractivity contribution in [3.05, 3.63) is 46.3 Å². The highest BCUT2D eigenvalue weighted by molar-refractivity contribution is 6.31. The number of aliphatic hydroxyl groups is 1. The lowest BCUT2D eigenvalue weighted by Gasteiger charge is -2.09. The molecule has 0 spiro atoms. The zero-order valence-corrected chi connectivity index (χ0v) is 9.55. The van der Waals surface area contributed by atoms with Gasteiger partial charge in [-0.1, -0.05) is 29.3 Å². The Morgan fingerprint density at radius 1 is 1.53 bits per heavy atom. The van der Waals surface area contributed by atoms with Crippen LogP contribution in [0.4, 0.5) is 4.39 Å². The van der Waals surface area contributed by atoms with E-state index in [1.807, 2.05) is 13.8 Å². The quantitative estimate of drug-likeness (QED) is 0.787. The minimum Gasteiger partial charge on any atom is -0.389 e. The molecule has 3 heteroatoms. The third kappa shape index (κ3) is 3.65. The van der Waals surface area contributed by atoms with Crippen molar-refractivity contribution in [3.63, 3.8) is 0 Å². The molecule has 0 aliphatic rings. The Kier molecular flexibility index (Phi) is 4.30. The van der Waals surface area contributed by atoms with Gasteiger partial charge >= 0.3 is 0 Å². The predicted molar refractivity (Wildman–Crippen MR) is 60.6 cm³/mol. The van der Waals surface area contributed by atoms with Gasteiger partial charge in [0.05, 0.1) is 6.10 Å². The van der Waals surface area contributed by atoms with Crippen molar-refractivity contribution in [1.82, 2.24) is 0 Å². The first-order chi connectivity index (χ1) is 7.00. The van der Waals surface area contributed by atoms with Crippen LogP contribution < -0.4 is 0 Å². The van der Waals surface area contributed by atoms with Crippen LogP contribution in [0.1, 0.15) is 19.4 Å². The van der Waals surface area contributed by atoms with Crippen LogP contribution in [0, 0.1) is 5.82 Å². The fourth-order valence-electron chi connectivity index (χ4n) is 1.38. The third-order valence-electron chi connectivity index (χ3n) is 2.00. The van der Waals surface area contributed by atoms with Crippen LogP contribution >= 0.6 is 11.6 Å². The molecule has 0 aliphatic heterocycles. The molecule has 15 heavy (non-hydrogen) atoms. The average Bonchev–Trinajstić information content (AvgIpc) is 2.10. The molecule has 82 valence electrons. The van der Waals surface area contributed by atoms with Gasteiger partial charge in [-0.3, -0.25) is 0 Å². The largest absolute Gasteiger partial charge is 0.389 e. The number of halogens is 2. The summed E-state index contributed by atoms with van der Waals surface area (Å²) in [4.78, 5) is 0. The molecule has 0 bridgehead atoms. The van der Waals surface area contributed by atoms with Crippen LogP contribution in [0.25, 0.3) is 0 Å². The SMILES string of the molecule is CC(C)=CC(O)Cc1c(F)cccc1Cl. The predicted octanol–water partition coefficient (Wildman–Crippen LogP) is 3.35. The number of hydrogen-bond acceptors (Lipinski definition) is 1. The number of benzene rings is 1. The second-order valence-electron chi connectivity index (χ2n) is 3.72. The molecule has 0 amide bonds. The van der Waals surface area contributed by atoms with Crippen LogP contribution in [0.2, 0.25) is 5.02 Å². The lowest BCUT2D eigenvalue weighted by atomic mass is 10.1. The number of aliphatic hydroxyl groups excluding tert-OH is 1. The van der Waals surface area contributed by atoms with Gasteiger partial charge in [0.15, 0.2) is 0 Å². The van der Waals surface area contributed by atoms with Crippen molar-refractivity contribution in [1.29, 1.82) is 0 Å². The van der Waals surface area contributed by atoms with Crippen molar-refractivity contribution >= 4 is 11.6 Å². The molecular weight excluding hydrogens is 215 g/mol. The molecule has 1 nitrogen and oxygen atoms in total. The first-order valence-electron chi connectivity index (χ1n) is 4.76. The topological polar surface area (TPSA) is 20.2 Å². The molecule has 1 atom stereocenters. The van der Waals surface area contributed by atoms with Gasteiger partial charge in [-0.2, -0.15) is 0 Å². The summed E-state index contributed by atoms with van der Waals surface area (Å²) in [6.45, 7) is 3.76. The standard InChI is InChI=1S/C12H14ClFO/c1-8(2)6-9(15)7-10-11(13)4-3-5-12(10)14/h3-6,9,15H,7H2,1-2H3. The summed E-state index contributed by atoms with van der Waals surface area (Å²) in [5.41, 5.74) is 1.36. The summed E-state index contributed by atoms with van der Waals surface area (Å²) in [5, 5.41) is 9.98. The van der Waals surface area contributed by atoms with Crippen molar-refractivity contribution < 1.29 is 9.50 Å². The van der Waals surface area contributed by atoms with E-state index in [0.717, 1.165) is 5.57 Å². The molecule has 1 N–H and O–H groups in total. The first kappa shape index (κ1) is 12.2. The van der Waals surface area contributed by atoms with E-state index in [2.05, 4.69) is 0 Å². The van der Waals surface area contributed by atoms with Crippen LogP contribution in [0.3, 0.4) is 0 Å². The van der Waals surface area contributed by atoms with Crippen molar-refractivity contribution in [3.8, 4) is 0 Å². The minimum atomic E-state index is -0.690. The molecule has 0 fully saturated rings. The van der Waals surface area contributed by atoms with Crippen LogP contribution in [0.15, 0.2) is 29.8 Å². The smallest absolute Gasteiger partial charge is 0.127 e. The molecule has 1 aromatic rings. The lowest BCUT2D eigenvalue weighted by molar-refractivity contribution is 0.221. The molecule has 0 saturated carbocycles. The van der Waals surface area contributed by atoms with Crippen molar-refractivity contribution in [2.75, 3.05) is 0 Å². The molecule has 1 rings (SSSR count). The highest BCUT2D eigenvalue weighted by Crippen LogP contribution is 2.20. The van der Waals surface area contributed by atoms with Gasteiger partial charge in [-0.15, -0.1) is 0 Å². The second kappa shape index (κ2) is 5.29. The Balaban J connectivity index is 2.85. The minimum absolute atomic E-state index is 0.205. The Bertz CT molecular complexity index is 350. The summed E-state index contributed by atoms with van der Waals surface area (Å²) in [6.07, 6.45) is 1.20. The van der Waals surface area contributed by atoms with Gasteiger partial charge in [0.1, 0.15) is 5.82 Å². The van der Waals surface area contributed by atoms with Crippen LogP contribution in [-0.4, -0.2) is 11.2 Å². The zero-order valence-electron chi connectivity index (χ0n) is 8.80. The van der Waals surface area contributed by atoms with Gasteiger partial charge in [-0.05, 0) is 26.0 Å². The summed E-state index contributed by atoms with van der Waals surface area (Å²) in [6, 6.07) is 4.51. The molecule has 1 aromatic carbocycles. The van der Waals surface area contributed by atoms with E-state index >= 15 is 0 Å². The third-order valence-corrected chi connectivity index (χ3v) is 2.35. The van der Waals surface area contributed by atoms with E-state index in [-0.39, 0.29) is 12.2 Å². The maximum absolute atomic E-state index is 13.3. The highest BCUT2D eigenvalue weighted by Gasteiger charge is 2.10. The Labute approximate surface area is 94.2 Å². The lowest BCUT2D eigenvalue weighted by Crippen LogP contribution is -2.09. The van der Waals surface area contributed by atoms with Gasteiger partial charge in [0.25, 0.3) is 0 Å². The maximum atomic E-state index is 13.3. The van der Waals surface area contributed by atoms with E-state index in [4.69, 9.17) is 11.6 Å². The van der Waals surface area contributed by atoms with E-state index < -0.39 is 6.10 Å². The molecule has 1 unspecified atom stereocenters. The van der Waals surface area contributed by atoms with Gasteiger partial charge in [0, 0.05) is 17.0 Å². The fraction of sp³-hybridized carbons (Fsp3) is 0.333. The van der Waals surface area contributed by atoms with Crippen molar-refractivity contribution in [2.45, 2.75) is 26.4 Å². The summed E-state index contributed by atoms with van der Waals surface area (Å²) < 4.78 is 13.3. The molecule has 0 aromatic heterocycles. The van der Waals surface area contributed by atoms with Gasteiger partial charge < -0.3 is 5.11 Å². The number of rotatable bonds is 3. The van der Waals surface area contributed by atoms with E-state index in [9.17, 15) is 9.50 Å². The Morgan fingerprint density at radius 3 is 2.73 bits per heavy atom. The molecular formula is C12H14ClFO. The first-order valence-corrected chi connectivity index (χ1v) is 5.14. The van der Waals surface area contributed by atoms with Gasteiger partial charge in [-0.25, -0.2) is 4.39 Å². The molecule has 0 radical (unpaired) electrons. The van der Waals surface area contributed by atoms with Gasteiger partial charge in [0.2, 0.25) is 0 Å². The summed E-state index contributed by atoms with van der Waals surface area (Å²) >= 11 is 5.84. The fourth-order valence-corrected chi connectivity index (χ4v) is 1.62. The normalized spacial score (nSPS) is 12.3. The van der Waals surface area contributed by atoms with E-state index in [1.54, 1.807) is 18.2 Å². The zero-order chi connectivity index (χ0) is 11.4. The number of allylic oxidation sites excluding steroid dienone is 1. The summed E-state index contributed by atoms with van der Waals surface area (Å²) in [7, 11) is 0. The number of hydrogen-bond donors (Lipinski definition) is 1. The van der Waals surface area contributed by atoms with E-state index in [0.29, 0.717) is 10.6 Å². The molecule has 0 heterocycles. The molecule has 0 saturated heterocycles. The van der Waals surface area contributed by atoms with Crippen molar-refractivity contribution in [2.24, 2.45) is 0 Å². The highest BCUT2D eigenvalue weighted by atomic mass is 35.5. The second-order valence-corrected chi connectivity index (χ2v) is 4.12. The Morgan fingerprint density at radius 2 is 2.20 bits per heavy atom. The van der Waals surface area contributed by atoms with Crippen LogP contribution in [0.5, 0.6) is 0 Å². The monoisotopic (exact) mass is 228 g/mol. The average molecular weight is 229 g/mol.